The summed E-state index contributed by atoms with van der Waals surface area (Å²) in [4.78, 5) is 12.4. The zero-order valence-electron chi connectivity index (χ0n) is 11.7. The van der Waals surface area contributed by atoms with Gasteiger partial charge < -0.3 is 11.1 Å². The number of nitrogens with two attached hydrogens (primary N) is 1. The van der Waals surface area contributed by atoms with Crippen LogP contribution in [0.15, 0.2) is 66.1 Å². The molecular weight excluding hydrogens is 280 g/mol. The lowest BCUT2D eigenvalue weighted by molar-refractivity contribution is 0.1000. The third-order valence-electron chi connectivity index (χ3n) is 2.94. The summed E-state index contributed by atoms with van der Waals surface area (Å²) >= 11 is 1.74. The molecule has 0 spiro atoms. The third kappa shape index (κ3) is 4.39. The molecule has 1 amide bonds. The SMILES string of the molecule is C=CCSc1ccccc1NCc1cccc(C(N)=O)c1. The average molecular weight is 298 g/mol. The van der Waals surface area contributed by atoms with Crippen molar-refractivity contribution in [1.82, 2.24) is 0 Å². The molecular formula is C17H18N2OS. The molecule has 21 heavy (non-hydrogen) atoms. The van der Waals surface area contributed by atoms with Crippen LogP contribution in [0.25, 0.3) is 0 Å². The molecule has 0 atom stereocenters. The van der Waals surface area contributed by atoms with Crippen molar-refractivity contribution in [1.29, 1.82) is 0 Å². The monoisotopic (exact) mass is 298 g/mol. The Kier molecular flexibility index (Phi) is 5.46. The summed E-state index contributed by atoms with van der Waals surface area (Å²) < 4.78 is 0. The molecule has 0 heterocycles. The second-order valence-corrected chi connectivity index (χ2v) is 5.58. The highest BCUT2D eigenvalue weighted by molar-refractivity contribution is 7.99. The van der Waals surface area contributed by atoms with E-state index in [1.54, 1.807) is 17.8 Å². The number of primary amides is 1. The van der Waals surface area contributed by atoms with Crippen LogP contribution >= 0.6 is 11.8 Å². The maximum Gasteiger partial charge on any atom is 0.248 e. The van der Waals surface area contributed by atoms with E-state index in [0.717, 1.165) is 17.0 Å². The van der Waals surface area contributed by atoms with Crippen LogP contribution in [-0.4, -0.2) is 11.7 Å². The van der Waals surface area contributed by atoms with Gasteiger partial charge in [-0.3, -0.25) is 4.79 Å². The summed E-state index contributed by atoms with van der Waals surface area (Å²) in [5.41, 5.74) is 7.93. The smallest absolute Gasteiger partial charge is 0.248 e. The van der Waals surface area contributed by atoms with Crippen LogP contribution in [0.5, 0.6) is 0 Å². The first-order valence-corrected chi connectivity index (χ1v) is 7.64. The topological polar surface area (TPSA) is 55.1 Å². The van der Waals surface area contributed by atoms with Crippen LogP contribution in [0.1, 0.15) is 15.9 Å². The first-order valence-electron chi connectivity index (χ1n) is 6.66. The molecule has 0 aliphatic carbocycles. The molecule has 2 aromatic rings. The number of hydrogen-bond donors (Lipinski definition) is 2. The Bertz CT molecular complexity index is 640. The number of thioether (sulfide) groups is 1. The molecule has 0 saturated carbocycles. The van der Waals surface area contributed by atoms with Crippen molar-refractivity contribution in [3.8, 4) is 0 Å². The number of anilines is 1. The number of rotatable bonds is 7. The number of carbonyl (C=O) groups is 1. The lowest BCUT2D eigenvalue weighted by atomic mass is 10.1. The number of nitrogens with one attached hydrogen (secondary N) is 1. The Hall–Kier alpha value is -2.20. The molecule has 0 aromatic heterocycles. The first kappa shape index (κ1) is 15.2. The predicted octanol–water partition coefficient (Wildman–Crippen LogP) is 3.68. The van der Waals surface area contributed by atoms with Crippen LogP contribution in [0.2, 0.25) is 0 Å². The zero-order valence-corrected chi connectivity index (χ0v) is 12.5. The largest absolute Gasteiger partial charge is 0.380 e. The van der Waals surface area contributed by atoms with E-state index in [-0.39, 0.29) is 0 Å². The minimum Gasteiger partial charge on any atom is -0.380 e. The predicted molar refractivity (Wildman–Crippen MR) is 89.6 cm³/mol. The van der Waals surface area contributed by atoms with E-state index < -0.39 is 5.91 Å². The molecule has 0 aliphatic rings. The molecule has 0 radical (unpaired) electrons. The molecule has 0 aliphatic heterocycles. The van der Waals surface area contributed by atoms with E-state index in [4.69, 9.17) is 5.73 Å². The van der Waals surface area contributed by atoms with Crippen LogP contribution in [0, 0.1) is 0 Å². The van der Waals surface area contributed by atoms with Gasteiger partial charge in [-0.15, -0.1) is 18.3 Å². The Labute approximate surface area is 129 Å². The van der Waals surface area contributed by atoms with Gasteiger partial charge in [0, 0.05) is 28.4 Å². The van der Waals surface area contributed by atoms with E-state index in [1.165, 1.54) is 4.90 Å². The summed E-state index contributed by atoms with van der Waals surface area (Å²) in [6.45, 7) is 4.39. The summed E-state index contributed by atoms with van der Waals surface area (Å²) in [6, 6.07) is 15.5. The molecule has 0 unspecified atom stereocenters. The number of amides is 1. The highest BCUT2D eigenvalue weighted by atomic mass is 32.2. The maximum absolute atomic E-state index is 11.2. The van der Waals surface area contributed by atoms with Crippen molar-refractivity contribution in [3.63, 3.8) is 0 Å². The second kappa shape index (κ2) is 7.55. The van der Waals surface area contributed by atoms with Crippen LogP contribution in [0.3, 0.4) is 0 Å². The highest BCUT2D eigenvalue weighted by Gasteiger charge is 2.03. The van der Waals surface area contributed by atoms with Gasteiger partial charge in [-0.25, -0.2) is 0 Å². The van der Waals surface area contributed by atoms with Gasteiger partial charge in [0.05, 0.1) is 0 Å². The molecule has 0 fully saturated rings. The molecule has 4 heteroatoms. The Morgan fingerprint density at radius 3 is 2.81 bits per heavy atom. The summed E-state index contributed by atoms with van der Waals surface area (Å²) in [5.74, 6) is 0.467. The quantitative estimate of drug-likeness (QED) is 0.605. The van der Waals surface area contributed by atoms with Gasteiger partial charge in [-0.05, 0) is 29.8 Å². The minimum atomic E-state index is -0.404. The van der Waals surface area contributed by atoms with Crippen molar-refractivity contribution in [2.75, 3.05) is 11.1 Å². The fraction of sp³-hybridized carbons (Fsp3) is 0.118. The molecule has 2 rings (SSSR count). The zero-order chi connectivity index (χ0) is 15.1. The van der Waals surface area contributed by atoms with Gasteiger partial charge in [0.2, 0.25) is 5.91 Å². The van der Waals surface area contributed by atoms with Crippen LogP contribution in [-0.2, 0) is 6.54 Å². The van der Waals surface area contributed by atoms with E-state index in [2.05, 4.69) is 18.0 Å². The van der Waals surface area contributed by atoms with E-state index in [1.807, 2.05) is 42.5 Å². The fourth-order valence-electron chi connectivity index (χ4n) is 1.92. The van der Waals surface area contributed by atoms with Crippen molar-refractivity contribution in [3.05, 3.63) is 72.3 Å². The van der Waals surface area contributed by atoms with Gasteiger partial charge >= 0.3 is 0 Å². The highest BCUT2D eigenvalue weighted by Crippen LogP contribution is 2.27. The van der Waals surface area contributed by atoms with Crippen molar-refractivity contribution in [2.24, 2.45) is 5.73 Å². The number of para-hydroxylation sites is 1. The lowest BCUT2D eigenvalue weighted by Crippen LogP contribution is -2.11. The minimum absolute atomic E-state index is 0.404. The van der Waals surface area contributed by atoms with Crippen LogP contribution < -0.4 is 11.1 Å². The van der Waals surface area contributed by atoms with Crippen molar-refractivity contribution in [2.45, 2.75) is 11.4 Å². The van der Waals surface area contributed by atoms with E-state index in [0.29, 0.717) is 12.1 Å². The Balaban J connectivity index is 2.07. The number of hydrogen-bond acceptors (Lipinski definition) is 3. The standard InChI is InChI=1S/C17H18N2OS/c1-2-10-21-16-9-4-3-8-15(16)19-12-13-6-5-7-14(11-13)17(18)20/h2-9,11,19H,1,10,12H2,(H2,18,20). The van der Waals surface area contributed by atoms with Gasteiger partial charge in [0.1, 0.15) is 0 Å². The maximum atomic E-state index is 11.2. The number of carbonyl (C=O) groups excluding carboxylic acids is 1. The molecule has 3 nitrogen and oxygen atoms in total. The first-order chi connectivity index (χ1) is 10.2. The normalized spacial score (nSPS) is 10.1. The van der Waals surface area contributed by atoms with Gasteiger partial charge in [-0.2, -0.15) is 0 Å². The van der Waals surface area contributed by atoms with Crippen LogP contribution in [0.4, 0.5) is 5.69 Å². The van der Waals surface area contributed by atoms with Gasteiger partial charge in [0.25, 0.3) is 0 Å². The lowest BCUT2D eigenvalue weighted by Gasteiger charge is -2.11. The summed E-state index contributed by atoms with van der Waals surface area (Å²) in [7, 11) is 0. The average Bonchev–Trinajstić information content (AvgIpc) is 2.52. The van der Waals surface area contributed by atoms with Crippen molar-refractivity contribution < 1.29 is 4.79 Å². The van der Waals surface area contributed by atoms with E-state index in [9.17, 15) is 4.79 Å². The second-order valence-electron chi connectivity index (χ2n) is 4.51. The Morgan fingerprint density at radius 2 is 2.05 bits per heavy atom. The fourth-order valence-corrected chi connectivity index (χ4v) is 2.69. The molecule has 0 saturated heterocycles. The Morgan fingerprint density at radius 1 is 1.24 bits per heavy atom. The van der Waals surface area contributed by atoms with Gasteiger partial charge in [0.15, 0.2) is 0 Å². The molecule has 3 N–H and O–H groups in total. The molecule has 2 aromatic carbocycles. The molecule has 108 valence electrons. The van der Waals surface area contributed by atoms with Crippen molar-refractivity contribution >= 4 is 23.4 Å². The molecule has 0 bridgehead atoms. The van der Waals surface area contributed by atoms with Gasteiger partial charge in [-0.1, -0.05) is 30.3 Å². The van der Waals surface area contributed by atoms with E-state index >= 15 is 0 Å². The number of benzene rings is 2. The third-order valence-corrected chi connectivity index (χ3v) is 4.01. The summed E-state index contributed by atoms with van der Waals surface area (Å²) in [6.07, 6.45) is 1.89. The summed E-state index contributed by atoms with van der Waals surface area (Å²) in [5, 5.41) is 3.40.